The van der Waals surface area contributed by atoms with Gasteiger partial charge in [-0.15, -0.1) is 0 Å². The zero-order valence-electron chi connectivity index (χ0n) is 5.75. The fourth-order valence-electron chi connectivity index (χ4n) is 0.777. The fraction of sp³-hybridized carbons (Fsp3) is 0.222. The highest BCUT2D eigenvalue weighted by Gasteiger charge is 1.98. The molecule has 0 aliphatic rings. The van der Waals surface area contributed by atoms with Crippen LogP contribution in [0.1, 0.15) is 13.0 Å². The van der Waals surface area contributed by atoms with Gasteiger partial charge in [-0.3, -0.25) is 4.79 Å². The first-order valence-corrected chi connectivity index (χ1v) is 3.94. The molecule has 0 saturated carbocycles. The van der Waals surface area contributed by atoms with E-state index in [1.165, 1.54) is 0 Å². The first-order chi connectivity index (χ1) is 5.18. The molecule has 0 radical (unpaired) electrons. The molecule has 0 amide bonds. The van der Waals surface area contributed by atoms with Gasteiger partial charge in [-0.1, -0.05) is 35.5 Å². The molecule has 0 fully saturated rings. The van der Waals surface area contributed by atoms with Crippen molar-refractivity contribution in [1.82, 2.24) is 0 Å². The molecule has 1 aromatic rings. The lowest BCUT2D eigenvalue weighted by molar-refractivity contribution is -0.136. The second kappa shape index (κ2) is 4.93. The van der Waals surface area contributed by atoms with Gasteiger partial charge in [0, 0.05) is 4.47 Å². The number of carboxylic acids is 1. The number of carbonyl (C=O) groups is 1. The maximum Gasteiger partial charge on any atom is 0.307 e. The molecule has 0 aromatic heterocycles. The van der Waals surface area contributed by atoms with E-state index in [2.05, 4.69) is 15.9 Å². The Balaban J connectivity index is 0.00000121. The van der Waals surface area contributed by atoms with Crippen molar-refractivity contribution in [2.75, 3.05) is 0 Å². The van der Waals surface area contributed by atoms with Crippen LogP contribution in [0.2, 0.25) is 0 Å². The molecule has 12 heavy (non-hydrogen) atoms. The third-order valence-corrected chi connectivity index (χ3v) is 1.80. The Bertz CT molecular complexity index is 254. The molecule has 0 aliphatic heterocycles. The molecule has 0 bridgehead atoms. The highest BCUT2D eigenvalue weighted by atomic mass is 79.9. The maximum atomic E-state index is 10.2. The summed E-state index contributed by atoms with van der Waals surface area (Å²) in [6, 6.07) is 7.24. The quantitative estimate of drug-likeness (QED) is 0.849. The molecule has 1 rings (SSSR count). The van der Waals surface area contributed by atoms with Crippen molar-refractivity contribution in [2.24, 2.45) is 0 Å². The van der Waals surface area contributed by atoms with Crippen LogP contribution in [-0.4, -0.2) is 11.1 Å². The summed E-state index contributed by atoms with van der Waals surface area (Å²) in [5.41, 5.74) is 0.820. The van der Waals surface area contributed by atoms with Crippen molar-refractivity contribution in [3.8, 4) is 0 Å². The molecule has 2 nitrogen and oxygen atoms in total. The van der Waals surface area contributed by atoms with Crippen LogP contribution in [0.4, 0.5) is 0 Å². The Hall–Kier alpha value is -0.830. The number of aliphatic carboxylic acids is 1. The lowest BCUT2D eigenvalue weighted by Crippen LogP contribution is -1.99. The average Bonchev–Trinajstić information content (AvgIpc) is 1.93. The van der Waals surface area contributed by atoms with E-state index < -0.39 is 5.97 Å². The SMILES string of the molecule is C.O=C(O)Cc1ccc(Br)cc1. The van der Waals surface area contributed by atoms with E-state index >= 15 is 0 Å². The van der Waals surface area contributed by atoms with E-state index in [4.69, 9.17) is 5.11 Å². The fourth-order valence-corrected chi connectivity index (χ4v) is 1.04. The smallest absolute Gasteiger partial charge is 0.307 e. The molecule has 0 unspecified atom stereocenters. The summed E-state index contributed by atoms with van der Waals surface area (Å²) in [6.45, 7) is 0. The van der Waals surface area contributed by atoms with Crippen LogP contribution in [0.25, 0.3) is 0 Å². The van der Waals surface area contributed by atoms with E-state index in [0.717, 1.165) is 10.0 Å². The second-order valence-corrected chi connectivity index (χ2v) is 3.11. The summed E-state index contributed by atoms with van der Waals surface area (Å²) in [5.74, 6) is -0.799. The number of halogens is 1. The van der Waals surface area contributed by atoms with Gasteiger partial charge in [0.2, 0.25) is 0 Å². The van der Waals surface area contributed by atoms with Crippen molar-refractivity contribution >= 4 is 21.9 Å². The summed E-state index contributed by atoms with van der Waals surface area (Å²) in [7, 11) is 0. The third kappa shape index (κ3) is 3.53. The van der Waals surface area contributed by atoms with E-state index in [9.17, 15) is 4.79 Å². The molecule has 1 N–H and O–H groups in total. The number of hydrogen-bond acceptors (Lipinski definition) is 1. The Labute approximate surface area is 80.4 Å². The zero-order chi connectivity index (χ0) is 8.27. The molecular formula is C9H11BrO2. The Morgan fingerprint density at radius 3 is 2.25 bits per heavy atom. The average molecular weight is 231 g/mol. The minimum atomic E-state index is -0.799. The monoisotopic (exact) mass is 230 g/mol. The lowest BCUT2D eigenvalue weighted by Gasteiger charge is -1.95. The lowest BCUT2D eigenvalue weighted by atomic mass is 10.2. The van der Waals surface area contributed by atoms with Gasteiger partial charge in [0.1, 0.15) is 0 Å². The van der Waals surface area contributed by atoms with Crippen molar-refractivity contribution in [3.63, 3.8) is 0 Å². The zero-order valence-corrected chi connectivity index (χ0v) is 7.34. The summed E-state index contributed by atoms with van der Waals surface area (Å²) >= 11 is 3.26. The normalized spacial score (nSPS) is 8.75. The van der Waals surface area contributed by atoms with Crippen LogP contribution in [0.5, 0.6) is 0 Å². The van der Waals surface area contributed by atoms with Gasteiger partial charge in [-0.2, -0.15) is 0 Å². The van der Waals surface area contributed by atoms with Crippen LogP contribution >= 0.6 is 15.9 Å². The predicted molar refractivity (Wildman–Crippen MR) is 52.2 cm³/mol. The highest BCUT2D eigenvalue weighted by Crippen LogP contribution is 2.10. The van der Waals surface area contributed by atoms with Gasteiger partial charge < -0.3 is 5.11 Å². The third-order valence-electron chi connectivity index (χ3n) is 1.27. The summed E-state index contributed by atoms with van der Waals surface area (Å²) < 4.78 is 0.964. The van der Waals surface area contributed by atoms with E-state index in [0.29, 0.717) is 0 Å². The molecular weight excluding hydrogens is 220 g/mol. The molecule has 0 spiro atoms. The first-order valence-electron chi connectivity index (χ1n) is 3.15. The van der Waals surface area contributed by atoms with E-state index in [1.807, 2.05) is 12.1 Å². The molecule has 1 aromatic carbocycles. The Kier molecular flexibility index (Phi) is 4.59. The van der Waals surface area contributed by atoms with Crippen LogP contribution < -0.4 is 0 Å². The minimum Gasteiger partial charge on any atom is -0.481 e. The maximum absolute atomic E-state index is 10.2. The van der Waals surface area contributed by atoms with Crippen LogP contribution in [0.15, 0.2) is 28.7 Å². The van der Waals surface area contributed by atoms with Crippen LogP contribution in [0.3, 0.4) is 0 Å². The molecule has 0 atom stereocenters. The number of carboxylic acid groups (broad SMARTS) is 1. The number of hydrogen-bond donors (Lipinski definition) is 1. The largest absolute Gasteiger partial charge is 0.481 e. The molecule has 0 saturated heterocycles. The van der Waals surface area contributed by atoms with Gasteiger partial charge in [0.05, 0.1) is 6.42 Å². The van der Waals surface area contributed by atoms with Gasteiger partial charge in [0.15, 0.2) is 0 Å². The predicted octanol–water partition coefficient (Wildman–Crippen LogP) is 2.71. The molecule has 66 valence electrons. The molecule has 3 heteroatoms. The van der Waals surface area contributed by atoms with Crippen molar-refractivity contribution < 1.29 is 9.90 Å². The number of rotatable bonds is 2. The minimum absolute atomic E-state index is 0. The molecule has 0 aliphatic carbocycles. The van der Waals surface area contributed by atoms with Crippen molar-refractivity contribution in [2.45, 2.75) is 13.8 Å². The van der Waals surface area contributed by atoms with E-state index in [-0.39, 0.29) is 13.8 Å². The standard InChI is InChI=1S/C8H7BrO2.CH4/c9-7-3-1-6(2-4-7)5-8(10)11;/h1-4H,5H2,(H,10,11);1H4. The van der Waals surface area contributed by atoms with Crippen LogP contribution in [0, 0.1) is 0 Å². The number of benzene rings is 1. The topological polar surface area (TPSA) is 37.3 Å². The van der Waals surface area contributed by atoms with Gasteiger partial charge in [-0.25, -0.2) is 0 Å². The Morgan fingerprint density at radius 2 is 1.83 bits per heavy atom. The van der Waals surface area contributed by atoms with Crippen molar-refractivity contribution in [1.29, 1.82) is 0 Å². The van der Waals surface area contributed by atoms with Gasteiger partial charge in [-0.05, 0) is 17.7 Å². The molecule has 0 heterocycles. The summed E-state index contributed by atoms with van der Waals surface area (Å²) in [5, 5.41) is 8.42. The summed E-state index contributed by atoms with van der Waals surface area (Å²) in [4.78, 5) is 10.2. The van der Waals surface area contributed by atoms with Crippen LogP contribution in [-0.2, 0) is 11.2 Å². The second-order valence-electron chi connectivity index (χ2n) is 2.20. The van der Waals surface area contributed by atoms with Crippen molar-refractivity contribution in [3.05, 3.63) is 34.3 Å². The van der Waals surface area contributed by atoms with Gasteiger partial charge in [0.25, 0.3) is 0 Å². The summed E-state index contributed by atoms with van der Waals surface area (Å²) in [6.07, 6.45) is 0.0906. The first kappa shape index (κ1) is 11.2. The van der Waals surface area contributed by atoms with Gasteiger partial charge >= 0.3 is 5.97 Å². The highest BCUT2D eigenvalue weighted by molar-refractivity contribution is 9.10. The van der Waals surface area contributed by atoms with E-state index in [1.54, 1.807) is 12.1 Å². The Morgan fingerprint density at radius 1 is 1.33 bits per heavy atom.